The molecule has 8 heteroatoms. The smallest absolute Gasteiger partial charge is 0.146 e. The summed E-state index contributed by atoms with van der Waals surface area (Å²) < 4.78 is 13.3. The van der Waals surface area contributed by atoms with Crippen molar-refractivity contribution >= 4 is 19.3 Å². The van der Waals surface area contributed by atoms with E-state index in [0.717, 1.165) is 52.0 Å². The number of hydrogen-bond donors (Lipinski definition) is 2. The van der Waals surface area contributed by atoms with Gasteiger partial charge in [0.25, 0.3) is 0 Å². The fourth-order valence-electron chi connectivity index (χ4n) is 5.78. The number of hydrogen-bond acceptors (Lipinski definition) is 7. The van der Waals surface area contributed by atoms with Crippen molar-refractivity contribution in [2.24, 2.45) is 0 Å². The number of piperazine rings is 1. The number of halogens is 1. The molecule has 2 saturated heterocycles. The summed E-state index contributed by atoms with van der Waals surface area (Å²) in [5.74, 6) is -0.156. The van der Waals surface area contributed by atoms with E-state index in [0.29, 0.717) is 23.8 Å². The first-order valence-corrected chi connectivity index (χ1v) is 15.1. The maximum atomic E-state index is 13.3. The molecule has 2 aliphatic rings. The summed E-state index contributed by atoms with van der Waals surface area (Å²) in [5, 5.41) is 6.87. The summed E-state index contributed by atoms with van der Waals surface area (Å²) >= 11 is 0. The molecule has 0 saturated carbocycles. The highest BCUT2D eigenvalue weighted by Crippen LogP contribution is 2.26. The summed E-state index contributed by atoms with van der Waals surface area (Å²) in [4.78, 5) is 25.4. The fraction of sp³-hybridized carbons (Fsp3) is 0.457. The van der Waals surface area contributed by atoms with E-state index in [1.165, 1.54) is 34.0 Å². The number of carbonyl (C=O) groups excluding carboxylic acids is 2. The minimum Gasteiger partial charge on any atom is -0.380 e. The average molecular weight is 592 g/mol. The zero-order valence-electron chi connectivity index (χ0n) is 26.6. The van der Waals surface area contributed by atoms with Crippen LogP contribution in [0.4, 0.5) is 10.1 Å². The van der Waals surface area contributed by atoms with Crippen LogP contribution in [0.15, 0.2) is 60.8 Å². The number of likely N-dealkylation sites (tertiary alicyclic amines) is 1. The number of nitrogens with one attached hydrogen (secondary N) is 2. The average Bonchev–Trinajstić information content (AvgIpc) is 3.02. The number of anilines is 1. The summed E-state index contributed by atoms with van der Waals surface area (Å²) in [6.45, 7) is 18.4. The molecule has 0 bridgehead atoms. The van der Waals surface area contributed by atoms with Gasteiger partial charge in [0, 0.05) is 55.2 Å². The lowest BCUT2D eigenvalue weighted by molar-refractivity contribution is -0.0987. The highest BCUT2D eigenvalue weighted by atomic mass is 19.1. The summed E-state index contributed by atoms with van der Waals surface area (Å²) in [7, 11) is 2.12. The van der Waals surface area contributed by atoms with Gasteiger partial charge in [-0.15, -0.1) is 0 Å². The molecule has 43 heavy (non-hydrogen) atoms. The van der Waals surface area contributed by atoms with Gasteiger partial charge in [-0.2, -0.15) is 0 Å². The summed E-state index contributed by atoms with van der Waals surface area (Å²) in [6.07, 6.45) is 5.03. The molecule has 3 heterocycles. The third-order valence-electron chi connectivity index (χ3n) is 7.86. The highest BCUT2D eigenvalue weighted by Gasteiger charge is 2.21. The topological polar surface area (TPSA) is 77.6 Å². The van der Waals surface area contributed by atoms with Gasteiger partial charge in [-0.3, -0.25) is 9.88 Å². The molecule has 0 spiro atoms. The number of carbonyl (C=O) groups is 2. The molecule has 2 aromatic carbocycles. The normalized spacial score (nSPS) is 19.0. The van der Waals surface area contributed by atoms with Crippen LogP contribution in [-0.4, -0.2) is 79.7 Å². The second-order valence-electron chi connectivity index (χ2n) is 11.4. The van der Waals surface area contributed by atoms with E-state index in [1.807, 2.05) is 31.9 Å². The van der Waals surface area contributed by atoms with Gasteiger partial charge in [-0.25, -0.2) is 4.39 Å². The quantitative estimate of drug-likeness (QED) is 0.377. The maximum absolute atomic E-state index is 13.3. The molecule has 2 N–H and O–H groups in total. The number of piperidine rings is 1. The minimum absolute atomic E-state index is 0.156. The van der Waals surface area contributed by atoms with E-state index in [4.69, 9.17) is 9.59 Å². The van der Waals surface area contributed by atoms with Crippen LogP contribution < -0.4 is 10.6 Å². The van der Waals surface area contributed by atoms with Crippen LogP contribution in [0, 0.1) is 12.7 Å². The van der Waals surface area contributed by atoms with E-state index in [-0.39, 0.29) is 5.82 Å². The van der Waals surface area contributed by atoms with Crippen molar-refractivity contribution in [2.75, 3.05) is 38.5 Å². The highest BCUT2D eigenvalue weighted by molar-refractivity contribution is 5.67. The third-order valence-corrected chi connectivity index (χ3v) is 7.86. The molecule has 3 aromatic rings. The zero-order valence-corrected chi connectivity index (χ0v) is 26.6. The van der Waals surface area contributed by atoms with Crippen molar-refractivity contribution in [1.82, 2.24) is 20.1 Å². The van der Waals surface area contributed by atoms with Gasteiger partial charge < -0.3 is 25.1 Å². The van der Waals surface area contributed by atoms with Crippen LogP contribution in [-0.2, 0) is 22.6 Å². The largest absolute Gasteiger partial charge is 0.380 e. The Labute approximate surface area is 257 Å². The van der Waals surface area contributed by atoms with Crippen LogP contribution in [0.5, 0.6) is 0 Å². The first kappa shape index (κ1) is 35.7. The van der Waals surface area contributed by atoms with Crippen LogP contribution in [0.25, 0.3) is 11.1 Å². The molecule has 2 fully saturated rings. The van der Waals surface area contributed by atoms with Crippen molar-refractivity contribution in [3.63, 3.8) is 0 Å². The molecule has 0 radical (unpaired) electrons. The Morgan fingerprint density at radius 1 is 0.977 bits per heavy atom. The molecular weight excluding hydrogens is 541 g/mol. The molecule has 234 valence electrons. The molecule has 0 amide bonds. The second kappa shape index (κ2) is 18.9. The van der Waals surface area contributed by atoms with Crippen molar-refractivity contribution < 1.29 is 14.0 Å². The van der Waals surface area contributed by atoms with Gasteiger partial charge in [0.2, 0.25) is 0 Å². The summed E-state index contributed by atoms with van der Waals surface area (Å²) in [6, 6.07) is 19.5. The van der Waals surface area contributed by atoms with E-state index in [1.54, 1.807) is 12.1 Å². The molecule has 2 aliphatic heterocycles. The Morgan fingerprint density at radius 2 is 1.63 bits per heavy atom. The van der Waals surface area contributed by atoms with E-state index in [9.17, 15) is 4.39 Å². The maximum Gasteiger partial charge on any atom is 0.146 e. The molecular formula is C35H50FN5O2. The molecule has 2 atom stereocenters. The Kier molecular flexibility index (Phi) is 15.7. The van der Waals surface area contributed by atoms with Gasteiger partial charge in [0.1, 0.15) is 19.4 Å². The molecule has 1 aromatic heterocycles. The number of para-hydroxylation sites is 1. The standard InChI is InChI=1S/C21H29N3.C12H17FN2.2CH2O/c1-5-21-20(7-6-10-22-21)18-8-9-19(15(2)11-18)14-24-12-16(3)23-17(4)13-24;1-15-8-6-10(7-9-15)14-12-5-3-2-4-11(12)13;2*1-2/h6-11,16-17,23H,5,12-14H2,1-4H3;2-5,10,14H,6-9H2,1H3;2*1H2. The van der Waals surface area contributed by atoms with Gasteiger partial charge in [-0.05, 0) is 95.1 Å². The summed E-state index contributed by atoms with van der Waals surface area (Å²) in [5.41, 5.74) is 7.16. The van der Waals surface area contributed by atoms with E-state index < -0.39 is 0 Å². The molecule has 0 aliphatic carbocycles. The molecule has 5 rings (SSSR count). The lowest BCUT2D eigenvalue weighted by Gasteiger charge is -2.36. The minimum atomic E-state index is -0.156. The van der Waals surface area contributed by atoms with Gasteiger partial charge in [0.15, 0.2) is 0 Å². The van der Waals surface area contributed by atoms with Gasteiger partial charge in [0.05, 0.1) is 5.69 Å². The van der Waals surface area contributed by atoms with Crippen molar-refractivity contribution in [2.45, 2.75) is 71.6 Å². The lowest BCUT2D eigenvalue weighted by Crippen LogP contribution is -2.53. The van der Waals surface area contributed by atoms with Gasteiger partial charge >= 0.3 is 0 Å². The predicted molar refractivity (Wildman–Crippen MR) is 176 cm³/mol. The second-order valence-corrected chi connectivity index (χ2v) is 11.4. The Morgan fingerprint density at radius 3 is 2.23 bits per heavy atom. The Balaban J connectivity index is 0.000000292. The van der Waals surface area contributed by atoms with Crippen molar-refractivity contribution in [3.8, 4) is 11.1 Å². The lowest BCUT2D eigenvalue weighted by atomic mass is 9.97. The molecule has 2 unspecified atom stereocenters. The first-order valence-electron chi connectivity index (χ1n) is 15.1. The van der Waals surface area contributed by atoms with Crippen LogP contribution in [0.1, 0.15) is 50.4 Å². The monoisotopic (exact) mass is 591 g/mol. The Hall–Kier alpha value is -3.46. The van der Waals surface area contributed by atoms with Crippen LogP contribution in [0.3, 0.4) is 0 Å². The number of nitrogens with zero attached hydrogens (tertiary/aromatic N) is 3. The van der Waals surface area contributed by atoms with Gasteiger partial charge in [-0.1, -0.05) is 43.3 Å². The molecule has 7 nitrogen and oxygen atoms in total. The van der Waals surface area contributed by atoms with Crippen molar-refractivity contribution in [1.29, 1.82) is 0 Å². The number of pyridine rings is 1. The number of aromatic nitrogens is 1. The SMILES string of the molecule is C=O.C=O.CCc1ncccc1-c1ccc(CN2CC(C)NC(C)C2)c(C)c1.CN1CCC(Nc2ccccc2F)CC1. The fourth-order valence-corrected chi connectivity index (χ4v) is 5.78. The van der Waals surface area contributed by atoms with Crippen LogP contribution >= 0.6 is 0 Å². The number of aryl methyl sites for hydroxylation is 2. The predicted octanol–water partition coefficient (Wildman–Crippen LogP) is 5.76. The first-order chi connectivity index (χ1) is 20.8. The van der Waals surface area contributed by atoms with Crippen LogP contribution in [0.2, 0.25) is 0 Å². The number of rotatable bonds is 6. The number of benzene rings is 2. The third kappa shape index (κ3) is 11.3. The van der Waals surface area contributed by atoms with E-state index in [2.05, 4.69) is 84.4 Å². The zero-order chi connectivity index (χ0) is 31.8. The van der Waals surface area contributed by atoms with E-state index >= 15 is 0 Å². The Bertz CT molecular complexity index is 1220. The van der Waals surface area contributed by atoms with Crippen molar-refractivity contribution in [3.05, 3.63) is 83.4 Å².